The third-order valence-electron chi connectivity index (χ3n) is 2.24. The SMILES string of the molecule is CCCCCCCc1cscc1Br. The van der Waals surface area contributed by atoms with Crippen LogP contribution >= 0.6 is 27.3 Å². The third kappa shape index (κ3) is 4.28. The number of unbranched alkanes of at least 4 members (excludes halogenated alkanes) is 4. The first-order valence-electron chi connectivity index (χ1n) is 5.05. The van der Waals surface area contributed by atoms with Crippen molar-refractivity contribution in [3.05, 3.63) is 20.8 Å². The standard InChI is InChI=1S/C11H17BrS/c1-2-3-4-5-6-7-10-8-13-9-11(10)12/h8-9H,2-7H2,1H3. The summed E-state index contributed by atoms with van der Waals surface area (Å²) in [6.45, 7) is 2.26. The molecule has 13 heavy (non-hydrogen) atoms. The van der Waals surface area contributed by atoms with E-state index in [1.165, 1.54) is 48.6 Å². The highest BCUT2D eigenvalue weighted by Crippen LogP contribution is 2.23. The quantitative estimate of drug-likeness (QED) is 0.630. The van der Waals surface area contributed by atoms with E-state index in [-0.39, 0.29) is 0 Å². The van der Waals surface area contributed by atoms with E-state index in [0.717, 1.165) is 0 Å². The number of halogens is 1. The highest BCUT2D eigenvalue weighted by molar-refractivity contribution is 9.10. The fourth-order valence-electron chi connectivity index (χ4n) is 1.41. The van der Waals surface area contributed by atoms with Crippen LogP contribution in [0.5, 0.6) is 0 Å². The molecule has 0 aliphatic heterocycles. The molecule has 0 aliphatic rings. The average molecular weight is 261 g/mol. The average Bonchev–Trinajstić information content (AvgIpc) is 2.52. The molecule has 0 saturated heterocycles. The first-order chi connectivity index (χ1) is 6.34. The van der Waals surface area contributed by atoms with Crippen LogP contribution in [-0.2, 0) is 6.42 Å². The van der Waals surface area contributed by atoms with Crippen molar-refractivity contribution in [2.24, 2.45) is 0 Å². The topological polar surface area (TPSA) is 0 Å². The van der Waals surface area contributed by atoms with E-state index in [2.05, 4.69) is 33.6 Å². The van der Waals surface area contributed by atoms with E-state index < -0.39 is 0 Å². The van der Waals surface area contributed by atoms with Crippen molar-refractivity contribution in [2.45, 2.75) is 45.4 Å². The lowest BCUT2D eigenvalue weighted by Crippen LogP contribution is -1.84. The fraction of sp³-hybridized carbons (Fsp3) is 0.636. The van der Waals surface area contributed by atoms with Gasteiger partial charge in [0.15, 0.2) is 0 Å². The minimum absolute atomic E-state index is 1.24. The van der Waals surface area contributed by atoms with Crippen LogP contribution in [-0.4, -0.2) is 0 Å². The molecule has 2 heteroatoms. The summed E-state index contributed by atoms with van der Waals surface area (Å²) in [5, 5.41) is 4.42. The lowest BCUT2D eigenvalue weighted by molar-refractivity contribution is 0.632. The van der Waals surface area contributed by atoms with Crippen molar-refractivity contribution >= 4 is 27.3 Å². The van der Waals surface area contributed by atoms with Gasteiger partial charge in [-0.1, -0.05) is 32.6 Å². The molecule has 0 amide bonds. The zero-order valence-electron chi connectivity index (χ0n) is 8.18. The molecule has 1 heterocycles. The maximum absolute atomic E-state index is 3.56. The Morgan fingerprint density at radius 2 is 1.92 bits per heavy atom. The smallest absolute Gasteiger partial charge is 0.0314 e. The molecule has 0 aromatic carbocycles. The summed E-state index contributed by atoms with van der Waals surface area (Å²) >= 11 is 5.35. The summed E-state index contributed by atoms with van der Waals surface area (Å²) in [5.74, 6) is 0. The van der Waals surface area contributed by atoms with Crippen molar-refractivity contribution in [1.29, 1.82) is 0 Å². The van der Waals surface area contributed by atoms with Crippen molar-refractivity contribution in [1.82, 2.24) is 0 Å². The second-order valence-electron chi connectivity index (χ2n) is 3.41. The van der Waals surface area contributed by atoms with Gasteiger partial charge in [-0.05, 0) is 39.7 Å². The van der Waals surface area contributed by atoms with Gasteiger partial charge in [-0.3, -0.25) is 0 Å². The molecular weight excluding hydrogens is 244 g/mol. The minimum Gasteiger partial charge on any atom is -0.151 e. The first kappa shape index (κ1) is 11.3. The highest BCUT2D eigenvalue weighted by Gasteiger charge is 1.99. The summed E-state index contributed by atoms with van der Waals surface area (Å²) in [6, 6.07) is 0. The molecule has 0 nitrogen and oxygen atoms in total. The first-order valence-corrected chi connectivity index (χ1v) is 6.78. The van der Waals surface area contributed by atoms with Gasteiger partial charge in [0.05, 0.1) is 0 Å². The van der Waals surface area contributed by atoms with Gasteiger partial charge in [0.1, 0.15) is 0 Å². The van der Waals surface area contributed by atoms with Crippen LogP contribution in [0.2, 0.25) is 0 Å². The monoisotopic (exact) mass is 260 g/mol. The molecule has 0 N–H and O–H groups in total. The van der Waals surface area contributed by atoms with E-state index in [4.69, 9.17) is 0 Å². The van der Waals surface area contributed by atoms with E-state index in [0.29, 0.717) is 0 Å². The van der Waals surface area contributed by atoms with Gasteiger partial charge in [-0.25, -0.2) is 0 Å². The number of hydrogen-bond acceptors (Lipinski definition) is 1. The Labute approximate surface area is 93.5 Å². The summed E-state index contributed by atoms with van der Waals surface area (Å²) in [4.78, 5) is 0. The number of thiophene rings is 1. The molecule has 0 aliphatic carbocycles. The molecule has 0 unspecified atom stereocenters. The number of aryl methyl sites for hydroxylation is 1. The van der Waals surface area contributed by atoms with Crippen LogP contribution in [0.4, 0.5) is 0 Å². The van der Waals surface area contributed by atoms with Crippen LogP contribution in [0.15, 0.2) is 15.2 Å². The molecule has 0 fully saturated rings. The van der Waals surface area contributed by atoms with Crippen LogP contribution in [0, 0.1) is 0 Å². The maximum atomic E-state index is 3.56. The lowest BCUT2D eigenvalue weighted by atomic mass is 10.1. The van der Waals surface area contributed by atoms with E-state index in [9.17, 15) is 0 Å². The summed E-state index contributed by atoms with van der Waals surface area (Å²) in [6.07, 6.45) is 8.10. The second-order valence-corrected chi connectivity index (χ2v) is 5.01. The molecule has 1 aromatic rings. The molecule has 0 bridgehead atoms. The normalized spacial score (nSPS) is 10.6. The van der Waals surface area contributed by atoms with Crippen LogP contribution in [0.1, 0.15) is 44.6 Å². The fourth-order valence-corrected chi connectivity index (χ4v) is 2.94. The van der Waals surface area contributed by atoms with Crippen LogP contribution < -0.4 is 0 Å². The van der Waals surface area contributed by atoms with E-state index in [1.54, 1.807) is 11.3 Å². The molecule has 1 aromatic heterocycles. The Kier molecular flexibility index (Phi) is 5.72. The van der Waals surface area contributed by atoms with Crippen molar-refractivity contribution < 1.29 is 0 Å². The van der Waals surface area contributed by atoms with Gasteiger partial charge in [0.25, 0.3) is 0 Å². The van der Waals surface area contributed by atoms with Gasteiger partial charge in [-0.15, -0.1) is 0 Å². The molecule has 0 radical (unpaired) electrons. The van der Waals surface area contributed by atoms with Gasteiger partial charge >= 0.3 is 0 Å². The van der Waals surface area contributed by atoms with E-state index in [1.807, 2.05) is 0 Å². The summed E-state index contributed by atoms with van der Waals surface area (Å²) in [5.41, 5.74) is 1.49. The summed E-state index contributed by atoms with van der Waals surface area (Å²) < 4.78 is 1.30. The predicted octanol–water partition coefficient (Wildman–Crippen LogP) is 5.02. The molecular formula is C11H17BrS. The minimum atomic E-state index is 1.24. The molecule has 0 spiro atoms. The van der Waals surface area contributed by atoms with Crippen LogP contribution in [0.25, 0.3) is 0 Å². The van der Waals surface area contributed by atoms with Crippen molar-refractivity contribution in [3.8, 4) is 0 Å². The Morgan fingerprint density at radius 3 is 2.54 bits per heavy atom. The Hall–Kier alpha value is 0.180. The van der Waals surface area contributed by atoms with Gasteiger partial charge in [-0.2, -0.15) is 11.3 Å². The third-order valence-corrected chi connectivity index (χ3v) is 4.07. The van der Waals surface area contributed by atoms with Crippen LogP contribution in [0.3, 0.4) is 0 Å². The lowest BCUT2D eigenvalue weighted by Gasteiger charge is -1.99. The molecule has 0 atom stereocenters. The zero-order valence-corrected chi connectivity index (χ0v) is 10.6. The van der Waals surface area contributed by atoms with Gasteiger partial charge in [0, 0.05) is 9.85 Å². The number of hydrogen-bond donors (Lipinski definition) is 0. The summed E-state index contributed by atoms with van der Waals surface area (Å²) in [7, 11) is 0. The second kappa shape index (κ2) is 6.61. The van der Waals surface area contributed by atoms with Gasteiger partial charge < -0.3 is 0 Å². The molecule has 1 rings (SSSR count). The zero-order chi connectivity index (χ0) is 9.52. The van der Waals surface area contributed by atoms with Crippen molar-refractivity contribution in [3.63, 3.8) is 0 Å². The maximum Gasteiger partial charge on any atom is 0.0314 e. The predicted molar refractivity (Wildman–Crippen MR) is 64.5 cm³/mol. The Balaban J connectivity index is 2.10. The van der Waals surface area contributed by atoms with Gasteiger partial charge in [0.2, 0.25) is 0 Å². The largest absolute Gasteiger partial charge is 0.151 e. The van der Waals surface area contributed by atoms with E-state index >= 15 is 0 Å². The van der Waals surface area contributed by atoms with Crippen molar-refractivity contribution in [2.75, 3.05) is 0 Å². The Morgan fingerprint density at radius 1 is 1.15 bits per heavy atom. The Bertz CT molecular complexity index is 230. The highest BCUT2D eigenvalue weighted by atomic mass is 79.9. The number of rotatable bonds is 6. The molecule has 0 saturated carbocycles. The molecule has 74 valence electrons.